The highest BCUT2D eigenvalue weighted by atomic mass is 32.2. The van der Waals surface area contributed by atoms with E-state index in [4.69, 9.17) is 4.74 Å². The van der Waals surface area contributed by atoms with Gasteiger partial charge in [0, 0.05) is 31.0 Å². The summed E-state index contributed by atoms with van der Waals surface area (Å²) in [4.78, 5) is 39.7. The molecule has 3 atom stereocenters. The number of rotatable bonds is 7. The molecule has 30 heavy (non-hydrogen) atoms. The Kier molecular flexibility index (Phi) is 8.76. The second-order valence-electron chi connectivity index (χ2n) is 8.68. The first-order valence-electron chi connectivity index (χ1n) is 10.6. The van der Waals surface area contributed by atoms with Gasteiger partial charge < -0.3 is 20.5 Å². The average molecular weight is 462 g/mol. The van der Waals surface area contributed by atoms with E-state index in [9.17, 15) is 19.5 Å². The van der Waals surface area contributed by atoms with Crippen LogP contribution in [0.25, 0.3) is 0 Å². The summed E-state index contributed by atoms with van der Waals surface area (Å²) >= 11 is 3.56. The first kappa shape index (κ1) is 25.1. The van der Waals surface area contributed by atoms with Crippen molar-refractivity contribution < 1.29 is 24.2 Å². The number of ether oxygens (including phenoxy) is 1. The minimum atomic E-state index is -1.34. The molecule has 3 amide bonds. The maximum absolute atomic E-state index is 13.2. The zero-order valence-corrected chi connectivity index (χ0v) is 20.2. The van der Waals surface area contributed by atoms with E-state index in [1.54, 1.807) is 51.2 Å². The number of hydrogen-bond donors (Lipinski definition) is 3. The van der Waals surface area contributed by atoms with Crippen molar-refractivity contribution in [2.75, 3.05) is 24.6 Å². The number of aliphatic hydroxyl groups is 1. The smallest absolute Gasteiger partial charge is 0.411 e. The molecule has 172 valence electrons. The molecular weight excluding hydrogens is 426 g/mol. The van der Waals surface area contributed by atoms with Gasteiger partial charge in [-0.1, -0.05) is 13.3 Å². The minimum absolute atomic E-state index is 0.211. The van der Waals surface area contributed by atoms with Crippen LogP contribution in [-0.2, 0) is 14.3 Å². The maximum Gasteiger partial charge on any atom is 0.411 e. The Morgan fingerprint density at radius 2 is 1.87 bits per heavy atom. The molecule has 0 radical (unpaired) electrons. The summed E-state index contributed by atoms with van der Waals surface area (Å²) in [5.74, 6) is 1.10. The lowest BCUT2D eigenvalue weighted by Crippen LogP contribution is -2.55. The molecule has 8 nitrogen and oxygen atoms in total. The third-order valence-electron chi connectivity index (χ3n) is 4.96. The average Bonchev–Trinajstić information content (AvgIpc) is 3.27. The first-order valence-corrected chi connectivity index (χ1v) is 12.5. The Labute approximate surface area is 187 Å². The van der Waals surface area contributed by atoms with Crippen LogP contribution in [0.15, 0.2) is 0 Å². The van der Waals surface area contributed by atoms with Gasteiger partial charge in [-0.15, -0.1) is 23.5 Å². The van der Waals surface area contributed by atoms with Gasteiger partial charge in [0.05, 0.1) is 10.1 Å². The highest BCUT2D eigenvalue weighted by molar-refractivity contribution is 8.21. The Bertz CT molecular complexity index is 634. The second-order valence-corrected chi connectivity index (χ2v) is 11.9. The third kappa shape index (κ3) is 6.43. The van der Waals surface area contributed by atoms with Crippen LogP contribution in [0, 0.1) is 0 Å². The Hall–Kier alpha value is -1.13. The summed E-state index contributed by atoms with van der Waals surface area (Å²) in [6.07, 6.45) is -0.183. The van der Waals surface area contributed by atoms with E-state index in [-0.39, 0.29) is 9.99 Å². The normalized spacial score (nSPS) is 22.6. The SMILES string of the molecule is CCCC(NC(=O)C1CC2(CN1C(=O)OC(C)(C)C)SCCS2)C(O)C(=O)NCC. The van der Waals surface area contributed by atoms with E-state index in [0.717, 1.165) is 11.5 Å². The van der Waals surface area contributed by atoms with Crippen molar-refractivity contribution >= 4 is 41.4 Å². The molecule has 0 saturated carbocycles. The summed E-state index contributed by atoms with van der Waals surface area (Å²) in [6, 6.07) is -1.41. The van der Waals surface area contributed by atoms with Crippen LogP contribution >= 0.6 is 23.5 Å². The molecule has 2 aliphatic heterocycles. The van der Waals surface area contributed by atoms with Gasteiger partial charge in [-0.25, -0.2) is 4.79 Å². The van der Waals surface area contributed by atoms with Gasteiger partial charge in [0.15, 0.2) is 6.10 Å². The number of carbonyl (C=O) groups is 3. The Morgan fingerprint density at radius 1 is 1.23 bits per heavy atom. The molecular formula is C20H35N3O5S2. The second kappa shape index (κ2) is 10.5. The van der Waals surface area contributed by atoms with Crippen LogP contribution in [0.1, 0.15) is 53.9 Å². The number of nitrogens with zero attached hydrogens (tertiary/aromatic N) is 1. The lowest BCUT2D eigenvalue weighted by Gasteiger charge is -2.30. The van der Waals surface area contributed by atoms with Gasteiger partial charge in [-0.05, 0) is 34.1 Å². The quantitative estimate of drug-likeness (QED) is 0.532. The molecule has 0 bridgehead atoms. The van der Waals surface area contributed by atoms with Crippen molar-refractivity contribution in [3.05, 3.63) is 0 Å². The number of likely N-dealkylation sites (N-methyl/N-ethyl adjacent to an activating group) is 1. The molecule has 0 aromatic rings. The molecule has 2 aliphatic rings. The minimum Gasteiger partial charge on any atom is -0.444 e. The summed E-state index contributed by atoms with van der Waals surface area (Å²) in [7, 11) is 0. The molecule has 1 spiro atoms. The lowest BCUT2D eigenvalue weighted by molar-refractivity contribution is -0.133. The highest BCUT2D eigenvalue weighted by Gasteiger charge is 2.52. The van der Waals surface area contributed by atoms with Gasteiger partial charge >= 0.3 is 6.09 Å². The van der Waals surface area contributed by atoms with E-state index in [1.165, 1.54) is 4.90 Å². The molecule has 3 unspecified atom stereocenters. The third-order valence-corrected chi connectivity index (χ3v) is 8.39. The van der Waals surface area contributed by atoms with Gasteiger partial charge in [0.25, 0.3) is 5.91 Å². The summed E-state index contributed by atoms with van der Waals surface area (Å²) in [6.45, 7) is 9.92. The number of likely N-dealkylation sites (tertiary alicyclic amines) is 1. The molecule has 2 rings (SSSR count). The van der Waals surface area contributed by atoms with Crippen LogP contribution in [0.5, 0.6) is 0 Å². The molecule has 3 N–H and O–H groups in total. The fourth-order valence-electron chi connectivity index (χ4n) is 3.65. The van der Waals surface area contributed by atoms with E-state index < -0.39 is 35.8 Å². The maximum atomic E-state index is 13.2. The van der Waals surface area contributed by atoms with E-state index in [2.05, 4.69) is 10.6 Å². The van der Waals surface area contributed by atoms with Crippen molar-refractivity contribution in [1.29, 1.82) is 0 Å². The molecule has 2 fully saturated rings. The molecule has 0 aromatic heterocycles. The lowest BCUT2D eigenvalue weighted by atomic mass is 10.0. The zero-order chi connectivity index (χ0) is 22.5. The molecule has 2 saturated heterocycles. The van der Waals surface area contributed by atoms with E-state index in [1.807, 2.05) is 6.92 Å². The summed E-state index contributed by atoms with van der Waals surface area (Å²) < 4.78 is 5.34. The number of amides is 3. The number of thioether (sulfide) groups is 2. The summed E-state index contributed by atoms with van der Waals surface area (Å²) in [5, 5.41) is 15.8. The van der Waals surface area contributed by atoms with Gasteiger partial charge in [0.1, 0.15) is 11.6 Å². The first-order chi connectivity index (χ1) is 14.0. The van der Waals surface area contributed by atoms with Crippen molar-refractivity contribution in [3.8, 4) is 0 Å². The number of hydrogen-bond acceptors (Lipinski definition) is 7. The van der Waals surface area contributed by atoms with Crippen molar-refractivity contribution in [2.24, 2.45) is 0 Å². The van der Waals surface area contributed by atoms with E-state index >= 15 is 0 Å². The van der Waals surface area contributed by atoms with E-state index in [0.29, 0.717) is 32.4 Å². The predicted octanol–water partition coefficient (Wildman–Crippen LogP) is 1.95. The number of carbonyl (C=O) groups excluding carboxylic acids is 3. The summed E-state index contributed by atoms with van der Waals surface area (Å²) in [5.41, 5.74) is -0.664. The largest absolute Gasteiger partial charge is 0.444 e. The van der Waals surface area contributed by atoms with Crippen LogP contribution in [-0.4, -0.2) is 80.4 Å². The monoisotopic (exact) mass is 461 g/mol. The van der Waals surface area contributed by atoms with Crippen molar-refractivity contribution in [3.63, 3.8) is 0 Å². The Morgan fingerprint density at radius 3 is 2.40 bits per heavy atom. The molecule has 2 heterocycles. The number of aliphatic hydroxyl groups excluding tert-OH is 1. The van der Waals surface area contributed by atoms with Crippen LogP contribution in [0.2, 0.25) is 0 Å². The fourth-order valence-corrected chi connectivity index (χ4v) is 6.91. The predicted molar refractivity (Wildman–Crippen MR) is 121 cm³/mol. The standard InChI is InChI=1S/C20H35N3O5S2/c1-6-8-13(15(24)17(26)21-7-2)22-16(25)14-11-20(29-9-10-30-20)12-23(14)18(27)28-19(3,4)5/h13-15,24H,6-12H2,1-5H3,(H,21,26)(H,22,25). The molecule has 0 aromatic carbocycles. The van der Waals surface area contributed by atoms with Crippen molar-refractivity contribution in [2.45, 2.75) is 81.7 Å². The zero-order valence-electron chi connectivity index (χ0n) is 18.5. The van der Waals surface area contributed by atoms with Crippen LogP contribution in [0.4, 0.5) is 4.79 Å². The Balaban J connectivity index is 2.17. The van der Waals surface area contributed by atoms with Gasteiger partial charge in [-0.3, -0.25) is 14.5 Å². The molecule has 10 heteroatoms. The highest BCUT2D eigenvalue weighted by Crippen LogP contribution is 2.52. The number of nitrogens with one attached hydrogen (secondary N) is 2. The van der Waals surface area contributed by atoms with Crippen LogP contribution in [0.3, 0.4) is 0 Å². The topological polar surface area (TPSA) is 108 Å². The van der Waals surface area contributed by atoms with Crippen LogP contribution < -0.4 is 10.6 Å². The van der Waals surface area contributed by atoms with Gasteiger partial charge in [-0.2, -0.15) is 0 Å². The van der Waals surface area contributed by atoms with Crippen molar-refractivity contribution in [1.82, 2.24) is 15.5 Å². The molecule has 0 aliphatic carbocycles. The van der Waals surface area contributed by atoms with Gasteiger partial charge in [0.2, 0.25) is 5.91 Å². The fraction of sp³-hybridized carbons (Fsp3) is 0.850.